The summed E-state index contributed by atoms with van der Waals surface area (Å²) >= 11 is 5.65. The van der Waals surface area contributed by atoms with E-state index in [1.807, 2.05) is 0 Å². The Kier molecular flexibility index (Phi) is 3.80. The third-order valence-corrected chi connectivity index (χ3v) is 4.97. The maximum absolute atomic E-state index is 12.1. The molecule has 104 valence electrons. The minimum Gasteiger partial charge on any atom is -0.258 e. The van der Waals surface area contributed by atoms with Gasteiger partial charge in [0.25, 0.3) is 5.69 Å². The lowest BCUT2D eigenvalue weighted by Crippen LogP contribution is -2.34. The Bertz CT molecular complexity index is 613. The Balaban J connectivity index is 2.29. The molecule has 1 atom stereocenters. The normalized spacial score (nSPS) is 17.2. The highest BCUT2D eigenvalue weighted by Gasteiger charge is 2.31. The smallest absolute Gasteiger partial charge is 0.258 e. The van der Waals surface area contributed by atoms with Gasteiger partial charge in [0.15, 0.2) is 0 Å². The van der Waals surface area contributed by atoms with Crippen LogP contribution in [0.2, 0.25) is 5.02 Å². The van der Waals surface area contributed by atoms with Gasteiger partial charge in [-0.05, 0) is 37.8 Å². The zero-order chi connectivity index (χ0) is 14.2. The van der Waals surface area contributed by atoms with Crippen molar-refractivity contribution < 1.29 is 13.3 Å². The molecule has 0 spiro atoms. The number of rotatable bonds is 5. The largest absolute Gasteiger partial charge is 0.289 e. The molecule has 1 aromatic rings. The Morgan fingerprint density at radius 2 is 2.11 bits per heavy atom. The molecule has 2 rings (SSSR count). The molecule has 1 N–H and O–H groups in total. The first-order valence-electron chi connectivity index (χ1n) is 5.77. The van der Waals surface area contributed by atoms with Gasteiger partial charge in [-0.3, -0.25) is 10.1 Å². The van der Waals surface area contributed by atoms with E-state index in [4.69, 9.17) is 11.6 Å². The molecule has 1 fully saturated rings. The van der Waals surface area contributed by atoms with Gasteiger partial charge in [-0.2, -0.15) is 0 Å². The van der Waals surface area contributed by atoms with Crippen LogP contribution >= 0.6 is 11.6 Å². The topological polar surface area (TPSA) is 89.3 Å². The molecule has 19 heavy (non-hydrogen) atoms. The molecule has 0 amide bonds. The Morgan fingerprint density at radius 3 is 2.63 bits per heavy atom. The molecule has 1 aliphatic rings. The van der Waals surface area contributed by atoms with Crippen LogP contribution in [0.1, 0.15) is 19.8 Å². The summed E-state index contributed by atoms with van der Waals surface area (Å²) in [6.45, 7) is 1.79. The number of sulfonamides is 1. The van der Waals surface area contributed by atoms with Gasteiger partial charge in [-0.1, -0.05) is 11.6 Å². The zero-order valence-electron chi connectivity index (χ0n) is 10.2. The monoisotopic (exact) mass is 304 g/mol. The molecule has 0 unspecified atom stereocenters. The number of nitrogens with zero attached hydrogens (tertiary/aromatic N) is 1. The predicted molar refractivity (Wildman–Crippen MR) is 70.6 cm³/mol. The van der Waals surface area contributed by atoms with Crippen LogP contribution in [0.25, 0.3) is 0 Å². The number of nitro benzene ring substituents is 1. The van der Waals surface area contributed by atoms with Crippen molar-refractivity contribution >= 4 is 27.3 Å². The maximum Gasteiger partial charge on any atom is 0.289 e. The van der Waals surface area contributed by atoms with Crippen molar-refractivity contribution in [3.63, 3.8) is 0 Å². The van der Waals surface area contributed by atoms with E-state index in [2.05, 4.69) is 4.72 Å². The summed E-state index contributed by atoms with van der Waals surface area (Å²) in [5, 5.41) is 10.7. The van der Waals surface area contributed by atoms with Crippen LogP contribution in [0.15, 0.2) is 23.1 Å². The first-order chi connectivity index (χ1) is 8.81. The highest BCUT2D eigenvalue weighted by Crippen LogP contribution is 2.33. The number of halogens is 1. The van der Waals surface area contributed by atoms with Gasteiger partial charge < -0.3 is 0 Å². The summed E-state index contributed by atoms with van der Waals surface area (Å²) in [5.41, 5.74) is -0.413. The standard InChI is InChI=1S/C11H13ClN2O4S/c1-7(8-2-3-8)13-19(17,18)9-4-5-10(12)11(6-9)14(15)16/h4-8,13H,2-3H2,1H3/t7-/m0/s1. The van der Waals surface area contributed by atoms with Crippen LogP contribution in [-0.4, -0.2) is 19.4 Å². The van der Waals surface area contributed by atoms with Crippen molar-refractivity contribution in [2.45, 2.75) is 30.7 Å². The molecule has 1 aliphatic carbocycles. The first kappa shape index (κ1) is 14.2. The van der Waals surface area contributed by atoms with Gasteiger partial charge in [-0.15, -0.1) is 0 Å². The van der Waals surface area contributed by atoms with E-state index in [0.29, 0.717) is 5.92 Å². The summed E-state index contributed by atoms with van der Waals surface area (Å²) < 4.78 is 26.7. The molecule has 1 saturated carbocycles. The lowest BCUT2D eigenvalue weighted by atomic mass is 10.2. The van der Waals surface area contributed by atoms with Crippen molar-refractivity contribution in [3.05, 3.63) is 33.3 Å². The van der Waals surface area contributed by atoms with Gasteiger partial charge >= 0.3 is 0 Å². The van der Waals surface area contributed by atoms with E-state index in [-0.39, 0.29) is 16.0 Å². The van der Waals surface area contributed by atoms with Crippen molar-refractivity contribution in [3.8, 4) is 0 Å². The second-order valence-corrected chi connectivity index (χ2v) is 6.74. The molecule has 0 bridgehead atoms. The number of hydrogen-bond acceptors (Lipinski definition) is 4. The van der Waals surface area contributed by atoms with E-state index in [1.165, 1.54) is 12.1 Å². The van der Waals surface area contributed by atoms with Crippen LogP contribution in [-0.2, 0) is 10.0 Å². The van der Waals surface area contributed by atoms with E-state index in [1.54, 1.807) is 6.92 Å². The van der Waals surface area contributed by atoms with Crippen molar-refractivity contribution in [2.24, 2.45) is 5.92 Å². The number of benzene rings is 1. The lowest BCUT2D eigenvalue weighted by molar-refractivity contribution is -0.384. The maximum atomic E-state index is 12.1. The summed E-state index contributed by atoms with van der Waals surface area (Å²) in [5.74, 6) is 0.358. The summed E-state index contributed by atoms with van der Waals surface area (Å²) in [6.07, 6.45) is 2.01. The van der Waals surface area contributed by atoms with E-state index in [9.17, 15) is 18.5 Å². The minimum atomic E-state index is -3.75. The third-order valence-electron chi connectivity index (χ3n) is 3.09. The third kappa shape index (κ3) is 3.23. The van der Waals surface area contributed by atoms with Crippen LogP contribution < -0.4 is 4.72 Å². The quantitative estimate of drug-likeness (QED) is 0.668. The van der Waals surface area contributed by atoms with E-state index < -0.39 is 20.6 Å². The van der Waals surface area contributed by atoms with Gasteiger partial charge in [0, 0.05) is 12.1 Å². The molecule has 0 radical (unpaired) electrons. The Hall–Kier alpha value is -1.18. The molecule has 6 nitrogen and oxygen atoms in total. The van der Waals surface area contributed by atoms with Gasteiger partial charge in [0.1, 0.15) is 5.02 Å². The SMILES string of the molecule is C[C@H](NS(=O)(=O)c1ccc(Cl)c([N+](=O)[O-])c1)C1CC1. The van der Waals surface area contributed by atoms with Gasteiger partial charge in [-0.25, -0.2) is 13.1 Å². The summed E-state index contributed by atoms with van der Waals surface area (Å²) in [7, 11) is -3.75. The number of nitrogens with one attached hydrogen (secondary N) is 1. The molecular weight excluding hydrogens is 292 g/mol. The Labute approximate surface area is 116 Å². The molecule has 1 aromatic carbocycles. The van der Waals surface area contributed by atoms with Gasteiger partial charge in [0.05, 0.1) is 9.82 Å². The predicted octanol–water partition coefficient (Wildman–Crippen LogP) is 2.33. The van der Waals surface area contributed by atoms with Crippen molar-refractivity contribution in [1.29, 1.82) is 0 Å². The minimum absolute atomic E-state index is 0.0841. The summed E-state index contributed by atoms with van der Waals surface area (Å²) in [6, 6.07) is 3.29. The van der Waals surface area contributed by atoms with Crippen molar-refractivity contribution in [2.75, 3.05) is 0 Å². The van der Waals surface area contributed by atoms with E-state index >= 15 is 0 Å². The fourth-order valence-corrected chi connectivity index (χ4v) is 3.32. The van der Waals surface area contributed by atoms with E-state index in [0.717, 1.165) is 18.9 Å². The number of hydrogen-bond donors (Lipinski definition) is 1. The highest BCUT2D eigenvalue weighted by molar-refractivity contribution is 7.89. The average Bonchev–Trinajstić information content (AvgIpc) is 3.11. The number of nitro groups is 1. The van der Waals surface area contributed by atoms with Crippen LogP contribution in [0.4, 0.5) is 5.69 Å². The second kappa shape index (κ2) is 5.07. The molecule has 8 heteroatoms. The lowest BCUT2D eigenvalue weighted by Gasteiger charge is -2.13. The van der Waals surface area contributed by atoms with Crippen molar-refractivity contribution in [1.82, 2.24) is 4.72 Å². The molecule has 0 heterocycles. The van der Waals surface area contributed by atoms with Gasteiger partial charge in [0.2, 0.25) is 10.0 Å². The second-order valence-electron chi connectivity index (χ2n) is 4.62. The Morgan fingerprint density at radius 1 is 1.47 bits per heavy atom. The average molecular weight is 305 g/mol. The van der Waals surface area contributed by atoms with Crippen LogP contribution in [0, 0.1) is 16.0 Å². The highest BCUT2D eigenvalue weighted by atomic mass is 35.5. The molecule has 0 aromatic heterocycles. The summed E-state index contributed by atoms with van der Waals surface area (Å²) in [4.78, 5) is 9.90. The molecule has 0 saturated heterocycles. The molecular formula is C11H13ClN2O4S. The first-order valence-corrected chi connectivity index (χ1v) is 7.63. The fraction of sp³-hybridized carbons (Fsp3) is 0.455. The molecule has 0 aliphatic heterocycles. The van der Waals surface area contributed by atoms with Crippen LogP contribution in [0.5, 0.6) is 0 Å². The fourth-order valence-electron chi connectivity index (χ4n) is 1.80. The van der Waals surface area contributed by atoms with Crippen LogP contribution in [0.3, 0.4) is 0 Å². The zero-order valence-corrected chi connectivity index (χ0v) is 11.7.